The van der Waals surface area contributed by atoms with Crippen molar-refractivity contribution in [2.45, 2.75) is 39.5 Å². The average Bonchev–Trinajstić information content (AvgIpc) is 2.54. The minimum absolute atomic E-state index is 0.0558. The fraction of sp³-hybridized carbons (Fsp3) is 0.706. The fourth-order valence-corrected chi connectivity index (χ4v) is 3.57. The van der Waals surface area contributed by atoms with Crippen molar-refractivity contribution in [2.24, 2.45) is 11.8 Å². The van der Waals surface area contributed by atoms with E-state index in [0.717, 1.165) is 38.4 Å². The van der Waals surface area contributed by atoms with Crippen LogP contribution in [0.2, 0.25) is 0 Å². The summed E-state index contributed by atoms with van der Waals surface area (Å²) >= 11 is 0. The highest BCUT2D eigenvalue weighted by Crippen LogP contribution is 2.22. The Morgan fingerprint density at radius 3 is 2.55 bits per heavy atom. The Morgan fingerprint density at radius 1 is 1.09 bits per heavy atom. The number of carbonyl (C=O) groups is 1. The Labute approximate surface area is 132 Å². The van der Waals surface area contributed by atoms with Gasteiger partial charge in [-0.15, -0.1) is 0 Å². The Hall–Kier alpha value is -1.65. The van der Waals surface area contributed by atoms with Gasteiger partial charge in [-0.3, -0.25) is 4.79 Å². The summed E-state index contributed by atoms with van der Waals surface area (Å²) in [5, 5.41) is 0. The van der Waals surface area contributed by atoms with Gasteiger partial charge >= 0.3 is 0 Å². The second kappa shape index (κ2) is 6.63. The standard InChI is InChI=1S/C17H26N4O/c1-13-5-3-7-20(10-13)16-9-15(18-12-19-16)17(22)21-8-4-6-14(2)11-21/h9,12-14H,3-8,10-11H2,1-2H3. The summed E-state index contributed by atoms with van der Waals surface area (Å²) in [5.41, 5.74) is 0.539. The van der Waals surface area contributed by atoms with Crippen LogP contribution in [-0.2, 0) is 0 Å². The number of piperidine rings is 2. The monoisotopic (exact) mass is 302 g/mol. The molecule has 0 saturated carbocycles. The maximum atomic E-state index is 12.7. The lowest BCUT2D eigenvalue weighted by atomic mass is 10.00. The summed E-state index contributed by atoms with van der Waals surface area (Å²) in [6.45, 7) is 8.22. The predicted molar refractivity (Wildman–Crippen MR) is 86.9 cm³/mol. The highest BCUT2D eigenvalue weighted by molar-refractivity contribution is 5.93. The smallest absolute Gasteiger partial charge is 0.272 e. The van der Waals surface area contributed by atoms with Crippen molar-refractivity contribution in [2.75, 3.05) is 31.1 Å². The molecule has 22 heavy (non-hydrogen) atoms. The van der Waals surface area contributed by atoms with Crippen molar-refractivity contribution in [1.82, 2.24) is 14.9 Å². The summed E-state index contributed by atoms with van der Waals surface area (Å²) in [4.78, 5) is 25.5. The van der Waals surface area contributed by atoms with Gasteiger partial charge in [-0.1, -0.05) is 13.8 Å². The lowest BCUT2D eigenvalue weighted by Crippen LogP contribution is -2.40. The molecule has 3 rings (SSSR count). The summed E-state index contributed by atoms with van der Waals surface area (Å²) in [6, 6.07) is 1.87. The number of amides is 1. The number of hydrogen-bond donors (Lipinski definition) is 0. The molecular formula is C17H26N4O. The molecule has 5 nitrogen and oxygen atoms in total. The van der Waals surface area contributed by atoms with Crippen LogP contribution in [0.5, 0.6) is 0 Å². The second-order valence-electron chi connectivity index (χ2n) is 6.95. The number of hydrogen-bond acceptors (Lipinski definition) is 4. The van der Waals surface area contributed by atoms with Crippen LogP contribution in [0.4, 0.5) is 5.82 Å². The lowest BCUT2D eigenvalue weighted by Gasteiger charge is -2.32. The summed E-state index contributed by atoms with van der Waals surface area (Å²) in [7, 11) is 0. The fourth-order valence-electron chi connectivity index (χ4n) is 3.57. The SMILES string of the molecule is CC1CCCN(C(=O)c2cc(N3CCCC(C)C3)ncn2)C1. The van der Waals surface area contributed by atoms with Gasteiger partial charge in [-0.05, 0) is 37.5 Å². The van der Waals surface area contributed by atoms with Gasteiger partial charge in [0.25, 0.3) is 5.91 Å². The van der Waals surface area contributed by atoms with Crippen molar-refractivity contribution in [3.8, 4) is 0 Å². The molecule has 0 N–H and O–H groups in total. The van der Waals surface area contributed by atoms with Gasteiger partial charge in [0.1, 0.15) is 17.8 Å². The van der Waals surface area contributed by atoms with Crippen molar-refractivity contribution in [3.63, 3.8) is 0 Å². The number of anilines is 1. The first-order valence-corrected chi connectivity index (χ1v) is 8.49. The predicted octanol–water partition coefficient (Wildman–Crippen LogP) is 2.59. The first-order valence-electron chi connectivity index (χ1n) is 8.49. The second-order valence-corrected chi connectivity index (χ2v) is 6.95. The molecule has 2 aliphatic rings. The molecule has 1 aromatic heterocycles. The molecule has 0 aliphatic carbocycles. The van der Waals surface area contributed by atoms with E-state index in [1.165, 1.54) is 25.6 Å². The molecule has 2 saturated heterocycles. The highest BCUT2D eigenvalue weighted by atomic mass is 16.2. The third kappa shape index (κ3) is 3.39. The summed E-state index contributed by atoms with van der Waals surface area (Å²) in [5.74, 6) is 2.22. The third-order valence-electron chi connectivity index (χ3n) is 4.80. The van der Waals surface area contributed by atoms with E-state index >= 15 is 0 Å². The molecule has 2 unspecified atom stereocenters. The van der Waals surface area contributed by atoms with E-state index in [0.29, 0.717) is 17.5 Å². The molecule has 1 aromatic rings. The highest BCUT2D eigenvalue weighted by Gasteiger charge is 2.24. The molecule has 1 amide bonds. The van der Waals surface area contributed by atoms with E-state index in [1.54, 1.807) is 0 Å². The number of carbonyl (C=O) groups excluding carboxylic acids is 1. The molecule has 2 fully saturated rings. The molecule has 5 heteroatoms. The molecule has 3 heterocycles. The summed E-state index contributed by atoms with van der Waals surface area (Å²) in [6.07, 6.45) is 6.31. The van der Waals surface area contributed by atoms with Crippen LogP contribution in [0.1, 0.15) is 50.0 Å². The van der Waals surface area contributed by atoms with Gasteiger partial charge in [0, 0.05) is 32.2 Å². The van der Waals surface area contributed by atoms with Gasteiger partial charge in [0.15, 0.2) is 0 Å². The topological polar surface area (TPSA) is 49.3 Å². The number of likely N-dealkylation sites (tertiary alicyclic amines) is 1. The van der Waals surface area contributed by atoms with Crippen molar-refractivity contribution >= 4 is 11.7 Å². The normalized spacial score (nSPS) is 26.1. The van der Waals surface area contributed by atoms with Crippen LogP contribution < -0.4 is 4.90 Å². The van der Waals surface area contributed by atoms with Crippen molar-refractivity contribution < 1.29 is 4.79 Å². The maximum Gasteiger partial charge on any atom is 0.272 e. The van der Waals surface area contributed by atoms with Gasteiger partial charge in [-0.25, -0.2) is 9.97 Å². The largest absolute Gasteiger partial charge is 0.356 e. The van der Waals surface area contributed by atoms with Gasteiger partial charge in [0.2, 0.25) is 0 Å². The van der Waals surface area contributed by atoms with Crippen LogP contribution in [0.25, 0.3) is 0 Å². The summed E-state index contributed by atoms with van der Waals surface area (Å²) < 4.78 is 0. The van der Waals surface area contributed by atoms with E-state index < -0.39 is 0 Å². The average molecular weight is 302 g/mol. The quantitative estimate of drug-likeness (QED) is 0.842. The Balaban J connectivity index is 1.74. The van der Waals surface area contributed by atoms with Crippen LogP contribution in [-0.4, -0.2) is 47.0 Å². The molecule has 0 radical (unpaired) electrons. The first-order chi connectivity index (χ1) is 10.6. The maximum absolute atomic E-state index is 12.7. The van der Waals surface area contributed by atoms with E-state index in [2.05, 4.69) is 28.7 Å². The van der Waals surface area contributed by atoms with E-state index in [9.17, 15) is 4.79 Å². The van der Waals surface area contributed by atoms with Gasteiger partial charge in [0.05, 0.1) is 0 Å². The number of nitrogens with zero attached hydrogens (tertiary/aromatic N) is 4. The van der Waals surface area contributed by atoms with Gasteiger partial charge < -0.3 is 9.80 Å². The van der Waals surface area contributed by atoms with Crippen molar-refractivity contribution in [1.29, 1.82) is 0 Å². The van der Waals surface area contributed by atoms with Crippen LogP contribution >= 0.6 is 0 Å². The molecular weight excluding hydrogens is 276 g/mol. The lowest BCUT2D eigenvalue weighted by molar-refractivity contribution is 0.0677. The minimum atomic E-state index is 0.0558. The number of rotatable bonds is 2. The molecule has 0 aromatic carbocycles. The number of aromatic nitrogens is 2. The zero-order valence-corrected chi connectivity index (χ0v) is 13.7. The van der Waals surface area contributed by atoms with Crippen LogP contribution in [0.3, 0.4) is 0 Å². The Kier molecular flexibility index (Phi) is 4.60. The van der Waals surface area contributed by atoms with Gasteiger partial charge in [-0.2, -0.15) is 0 Å². The zero-order chi connectivity index (χ0) is 15.5. The molecule has 120 valence electrons. The molecule has 2 atom stereocenters. The molecule has 0 bridgehead atoms. The van der Waals surface area contributed by atoms with Crippen molar-refractivity contribution in [3.05, 3.63) is 18.1 Å². The Bertz CT molecular complexity index is 533. The van der Waals surface area contributed by atoms with E-state index in [4.69, 9.17) is 0 Å². The molecule has 2 aliphatic heterocycles. The third-order valence-corrected chi connectivity index (χ3v) is 4.80. The Morgan fingerprint density at radius 2 is 1.82 bits per heavy atom. The van der Waals surface area contributed by atoms with Crippen LogP contribution in [0, 0.1) is 11.8 Å². The van der Waals surface area contributed by atoms with Crippen LogP contribution in [0.15, 0.2) is 12.4 Å². The first kappa shape index (κ1) is 15.3. The van der Waals surface area contributed by atoms with E-state index in [-0.39, 0.29) is 5.91 Å². The van der Waals surface area contributed by atoms with E-state index in [1.807, 2.05) is 11.0 Å². The zero-order valence-electron chi connectivity index (χ0n) is 13.7. The minimum Gasteiger partial charge on any atom is -0.356 e. The molecule has 0 spiro atoms.